The molecule has 0 amide bonds. The third-order valence-electron chi connectivity index (χ3n) is 7.75. The molecular weight excluding hydrogens is 411 g/mol. The second-order valence-electron chi connectivity index (χ2n) is 10.2. The van der Waals surface area contributed by atoms with Gasteiger partial charge in [0.2, 0.25) is 0 Å². The molecule has 5 rings (SSSR count). The lowest BCUT2D eigenvalue weighted by atomic mass is 9.78. The van der Waals surface area contributed by atoms with Crippen molar-refractivity contribution in [3.63, 3.8) is 0 Å². The van der Waals surface area contributed by atoms with Crippen molar-refractivity contribution in [2.24, 2.45) is 11.8 Å². The summed E-state index contributed by atoms with van der Waals surface area (Å²) in [4.78, 5) is 0. The standard InChI is InChI=1S/C26H32F3N3/c1-16-3-10-23-24(11-16)32-25(2,31-23)20-6-8-22(9-7-20)30-15-17-12-18-4-5-21(26(27,28)29)14-19(18)13-17/h3-5,10-11,14,17,20,22,30-32H,6-9,12-13,15H2,1-2H3. The minimum absolute atomic E-state index is 0.107. The van der Waals surface area contributed by atoms with Gasteiger partial charge in [-0.05, 0) is 106 Å². The summed E-state index contributed by atoms with van der Waals surface area (Å²) in [6.07, 6.45) is 1.93. The van der Waals surface area contributed by atoms with Crippen LogP contribution in [-0.4, -0.2) is 18.2 Å². The monoisotopic (exact) mass is 443 g/mol. The van der Waals surface area contributed by atoms with Crippen LogP contribution in [0.5, 0.6) is 0 Å². The topological polar surface area (TPSA) is 36.1 Å². The van der Waals surface area contributed by atoms with Gasteiger partial charge in [-0.2, -0.15) is 13.2 Å². The van der Waals surface area contributed by atoms with E-state index < -0.39 is 11.7 Å². The van der Waals surface area contributed by atoms with Gasteiger partial charge in [0.1, 0.15) is 5.66 Å². The average Bonchev–Trinajstić information content (AvgIpc) is 3.31. The molecule has 1 aliphatic heterocycles. The Balaban J connectivity index is 1.11. The molecular formula is C26H32F3N3. The van der Waals surface area contributed by atoms with Gasteiger partial charge >= 0.3 is 6.18 Å². The zero-order chi connectivity index (χ0) is 22.5. The van der Waals surface area contributed by atoms with Gasteiger partial charge in [0.15, 0.2) is 0 Å². The van der Waals surface area contributed by atoms with Gasteiger partial charge in [0.25, 0.3) is 0 Å². The van der Waals surface area contributed by atoms with Crippen LogP contribution in [0.3, 0.4) is 0 Å². The summed E-state index contributed by atoms with van der Waals surface area (Å²) in [5.74, 6) is 0.949. The highest BCUT2D eigenvalue weighted by Gasteiger charge is 2.41. The van der Waals surface area contributed by atoms with E-state index in [1.54, 1.807) is 6.07 Å². The number of rotatable bonds is 4. The first-order chi connectivity index (χ1) is 15.2. The Morgan fingerprint density at radius 2 is 1.66 bits per heavy atom. The summed E-state index contributed by atoms with van der Waals surface area (Å²) in [6.45, 7) is 5.27. The molecule has 0 spiro atoms. The Labute approximate surface area is 188 Å². The van der Waals surface area contributed by atoms with Crippen LogP contribution in [-0.2, 0) is 19.0 Å². The number of benzene rings is 2. The number of hydrogen-bond donors (Lipinski definition) is 3. The summed E-state index contributed by atoms with van der Waals surface area (Å²) in [6, 6.07) is 11.3. The van der Waals surface area contributed by atoms with Crippen molar-refractivity contribution in [3.05, 3.63) is 58.7 Å². The van der Waals surface area contributed by atoms with Gasteiger partial charge in [0, 0.05) is 12.0 Å². The minimum Gasteiger partial charge on any atom is -0.361 e. The fourth-order valence-corrected chi connectivity index (χ4v) is 5.90. The maximum absolute atomic E-state index is 13.0. The number of alkyl halides is 3. The van der Waals surface area contributed by atoms with Crippen LogP contribution in [0, 0.1) is 18.8 Å². The lowest BCUT2D eigenvalue weighted by Gasteiger charge is -2.40. The molecule has 0 aromatic heterocycles. The van der Waals surface area contributed by atoms with E-state index in [2.05, 4.69) is 48.0 Å². The van der Waals surface area contributed by atoms with Crippen molar-refractivity contribution in [1.82, 2.24) is 5.32 Å². The summed E-state index contributed by atoms with van der Waals surface area (Å²) in [5, 5.41) is 11.2. The lowest BCUT2D eigenvalue weighted by molar-refractivity contribution is -0.137. The van der Waals surface area contributed by atoms with Crippen LogP contribution < -0.4 is 16.0 Å². The Kier molecular flexibility index (Phi) is 5.39. The van der Waals surface area contributed by atoms with Crippen molar-refractivity contribution >= 4 is 11.4 Å². The van der Waals surface area contributed by atoms with Gasteiger partial charge in [0.05, 0.1) is 16.9 Å². The normalized spacial score (nSPS) is 29.2. The quantitative estimate of drug-likeness (QED) is 0.532. The Bertz CT molecular complexity index is 994. The lowest BCUT2D eigenvalue weighted by Crippen LogP contribution is -2.49. The fraction of sp³-hybridized carbons (Fsp3) is 0.538. The Hall–Kier alpha value is -2.21. The zero-order valence-corrected chi connectivity index (χ0v) is 18.8. The van der Waals surface area contributed by atoms with E-state index in [1.165, 1.54) is 29.1 Å². The largest absolute Gasteiger partial charge is 0.416 e. The second kappa shape index (κ2) is 7.98. The predicted molar refractivity (Wildman–Crippen MR) is 123 cm³/mol. The van der Waals surface area contributed by atoms with E-state index in [0.717, 1.165) is 56.2 Å². The van der Waals surface area contributed by atoms with Crippen LogP contribution in [0.2, 0.25) is 0 Å². The molecule has 2 unspecified atom stereocenters. The van der Waals surface area contributed by atoms with Crippen LogP contribution in [0.4, 0.5) is 24.5 Å². The number of fused-ring (bicyclic) bond motifs is 2. The summed E-state index contributed by atoms with van der Waals surface area (Å²) >= 11 is 0. The van der Waals surface area contributed by atoms with Gasteiger partial charge < -0.3 is 16.0 Å². The minimum atomic E-state index is -4.26. The van der Waals surface area contributed by atoms with Gasteiger partial charge in [-0.1, -0.05) is 12.1 Å². The molecule has 32 heavy (non-hydrogen) atoms. The van der Waals surface area contributed by atoms with E-state index in [4.69, 9.17) is 0 Å². The summed E-state index contributed by atoms with van der Waals surface area (Å²) in [7, 11) is 0. The molecule has 0 radical (unpaired) electrons. The molecule has 1 heterocycles. The second-order valence-corrected chi connectivity index (χ2v) is 10.2. The first-order valence-electron chi connectivity index (χ1n) is 11.8. The fourth-order valence-electron chi connectivity index (χ4n) is 5.90. The number of aryl methyl sites for hydroxylation is 1. The molecule has 2 aliphatic carbocycles. The Morgan fingerprint density at radius 1 is 0.938 bits per heavy atom. The molecule has 1 fully saturated rings. The zero-order valence-electron chi connectivity index (χ0n) is 18.8. The number of hydrogen-bond acceptors (Lipinski definition) is 3. The summed E-state index contributed by atoms with van der Waals surface area (Å²) in [5.41, 5.74) is 4.97. The van der Waals surface area contributed by atoms with Gasteiger partial charge in [-0.3, -0.25) is 0 Å². The molecule has 3 aliphatic rings. The van der Waals surface area contributed by atoms with Crippen molar-refractivity contribution in [1.29, 1.82) is 0 Å². The van der Waals surface area contributed by atoms with Crippen LogP contribution >= 0.6 is 0 Å². The predicted octanol–water partition coefficient (Wildman–Crippen LogP) is 6.13. The van der Waals surface area contributed by atoms with Crippen LogP contribution in [0.15, 0.2) is 36.4 Å². The SMILES string of the molecule is Cc1ccc2c(c1)NC(C)(C1CCC(NCC3Cc4ccc(C(F)(F)F)cc4C3)CC1)N2. The molecule has 1 saturated carbocycles. The number of anilines is 2. The molecule has 2 aromatic carbocycles. The first kappa shape index (κ1) is 21.6. The third-order valence-corrected chi connectivity index (χ3v) is 7.75. The molecule has 2 aromatic rings. The summed E-state index contributed by atoms with van der Waals surface area (Å²) < 4.78 is 39.0. The molecule has 3 N–H and O–H groups in total. The number of nitrogens with one attached hydrogen (secondary N) is 3. The molecule has 172 valence electrons. The Morgan fingerprint density at radius 3 is 2.41 bits per heavy atom. The van der Waals surface area contributed by atoms with Crippen molar-refractivity contribution in [2.45, 2.75) is 70.3 Å². The van der Waals surface area contributed by atoms with Crippen molar-refractivity contribution in [2.75, 3.05) is 17.2 Å². The van der Waals surface area contributed by atoms with Crippen molar-refractivity contribution < 1.29 is 13.2 Å². The maximum atomic E-state index is 13.0. The van der Waals surface area contributed by atoms with Crippen LogP contribution in [0.1, 0.15) is 54.9 Å². The highest BCUT2D eigenvalue weighted by atomic mass is 19.4. The molecule has 0 saturated heterocycles. The number of halogens is 3. The van der Waals surface area contributed by atoms with Gasteiger partial charge in [-0.15, -0.1) is 0 Å². The first-order valence-corrected chi connectivity index (χ1v) is 11.8. The maximum Gasteiger partial charge on any atom is 0.416 e. The van der Waals surface area contributed by atoms with E-state index in [9.17, 15) is 13.2 Å². The van der Waals surface area contributed by atoms with E-state index in [1.807, 2.05) is 0 Å². The highest BCUT2D eigenvalue weighted by molar-refractivity contribution is 5.76. The van der Waals surface area contributed by atoms with E-state index in [-0.39, 0.29) is 5.66 Å². The highest BCUT2D eigenvalue weighted by Crippen LogP contribution is 2.43. The molecule has 3 nitrogen and oxygen atoms in total. The average molecular weight is 444 g/mol. The molecule has 0 bridgehead atoms. The van der Waals surface area contributed by atoms with E-state index in [0.29, 0.717) is 17.9 Å². The smallest absolute Gasteiger partial charge is 0.361 e. The van der Waals surface area contributed by atoms with Crippen LogP contribution in [0.25, 0.3) is 0 Å². The van der Waals surface area contributed by atoms with E-state index >= 15 is 0 Å². The van der Waals surface area contributed by atoms with Gasteiger partial charge in [-0.25, -0.2) is 0 Å². The molecule has 2 atom stereocenters. The third kappa shape index (κ3) is 4.21. The molecule has 6 heteroatoms. The van der Waals surface area contributed by atoms with Crippen molar-refractivity contribution in [3.8, 4) is 0 Å².